The van der Waals surface area contributed by atoms with Crippen molar-refractivity contribution in [1.29, 1.82) is 0 Å². The second kappa shape index (κ2) is 4.56. The van der Waals surface area contributed by atoms with E-state index in [1.807, 2.05) is 26.8 Å². The zero-order valence-electron chi connectivity index (χ0n) is 9.73. The van der Waals surface area contributed by atoms with Crippen molar-refractivity contribution in [1.82, 2.24) is 0 Å². The number of carbonyl (C=O) groups is 1. The van der Waals surface area contributed by atoms with E-state index in [2.05, 4.69) is 0 Å². The highest BCUT2D eigenvalue weighted by Gasteiger charge is 2.15. The third kappa shape index (κ3) is 2.88. The summed E-state index contributed by atoms with van der Waals surface area (Å²) in [6.45, 7) is 7.19. The van der Waals surface area contributed by atoms with Crippen LogP contribution in [0.4, 0.5) is 4.39 Å². The van der Waals surface area contributed by atoms with Gasteiger partial charge < -0.3 is 4.79 Å². The molecule has 0 radical (unpaired) electrons. The molecule has 15 heavy (non-hydrogen) atoms. The number of halogens is 1. The predicted octanol–water partition coefficient (Wildman–Crippen LogP) is 3.53. The van der Waals surface area contributed by atoms with Gasteiger partial charge >= 0.3 is 0 Å². The topological polar surface area (TPSA) is 17.1 Å². The van der Waals surface area contributed by atoms with Crippen LogP contribution < -0.4 is 0 Å². The zero-order chi connectivity index (χ0) is 11.6. The first kappa shape index (κ1) is 11.9. The summed E-state index contributed by atoms with van der Waals surface area (Å²) in [5, 5.41) is 0. The van der Waals surface area contributed by atoms with Crippen molar-refractivity contribution in [3.63, 3.8) is 0 Å². The molecule has 0 aliphatic carbocycles. The fourth-order valence-electron chi connectivity index (χ4n) is 2.08. The Bertz CT molecular complexity index is 359. The van der Waals surface area contributed by atoms with Gasteiger partial charge in [0.1, 0.15) is 11.6 Å². The van der Waals surface area contributed by atoms with E-state index in [1.165, 1.54) is 13.0 Å². The molecule has 0 heterocycles. The zero-order valence-corrected chi connectivity index (χ0v) is 9.73. The molecule has 0 aliphatic heterocycles. The van der Waals surface area contributed by atoms with E-state index in [-0.39, 0.29) is 17.5 Å². The molecule has 0 bridgehead atoms. The highest BCUT2D eigenvalue weighted by molar-refractivity contribution is 5.76. The van der Waals surface area contributed by atoms with Gasteiger partial charge in [-0.15, -0.1) is 0 Å². The van der Waals surface area contributed by atoms with Crippen LogP contribution in [0, 0.1) is 19.7 Å². The average molecular weight is 208 g/mol. The quantitative estimate of drug-likeness (QED) is 0.742. The fraction of sp³-hybridized carbons (Fsp3) is 0.462. The van der Waals surface area contributed by atoms with Gasteiger partial charge in [0.05, 0.1) is 0 Å². The highest BCUT2D eigenvalue weighted by Crippen LogP contribution is 2.26. The lowest BCUT2D eigenvalue weighted by atomic mass is 9.91. The van der Waals surface area contributed by atoms with Crippen LogP contribution in [0.2, 0.25) is 0 Å². The molecule has 1 aromatic rings. The van der Waals surface area contributed by atoms with Gasteiger partial charge in [0.2, 0.25) is 0 Å². The van der Waals surface area contributed by atoms with Crippen LogP contribution in [-0.4, -0.2) is 5.78 Å². The molecule has 0 saturated heterocycles. The van der Waals surface area contributed by atoms with Crippen LogP contribution in [0.3, 0.4) is 0 Å². The predicted molar refractivity (Wildman–Crippen MR) is 59.6 cm³/mol. The Morgan fingerprint density at radius 3 is 2.47 bits per heavy atom. The van der Waals surface area contributed by atoms with E-state index in [0.717, 1.165) is 11.1 Å². The summed E-state index contributed by atoms with van der Waals surface area (Å²) < 4.78 is 13.7. The maximum absolute atomic E-state index is 13.7. The Labute approximate surface area is 90.3 Å². The van der Waals surface area contributed by atoms with Gasteiger partial charge in [-0.25, -0.2) is 4.39 Å². The van der Waals surface area contributed by atoms with Gasteiger partial charge in [-0.05, 0) is 49.4 Å². The minimum Gasteiger partial charge on any atom is -0.300 e. The normalized spacial score (nSPS) is 12.6. The maximum atomic E-state index is 13.7. The molecule has 0 N–H and O–H groups in total. The van der Waals surface area contributed by atoms with Crippen LogP contribution in [-0.2, 0) is 4.79 Å². The van der Waals surface area contributed by atoms with Gasteiger partial charge in [0.15, 0.2) is 0 Å². The molecule has 0 saturated carbocycles. The monoisotopic (exact) mass is 208 g/mol. The SMILES string of the molecule is CC(=O)CC(C)c1c(C)cc(C)cc1F. The third-order valence-electron chi connectivity index (χ3n) is 2.57. The lowest BCUT2D eigenvalue weighted by Crippen LogP contribution is -2.05. The van der Waals surface area contributed by atoms with Gasteiger partial charge in [-0.3, -0.25) is 0 Å². The number of carbonyl (C=O) groups excluding carboxylic acids is 1. The Balaban J connectivity index is 3.08. The summed E-state index contributed by atoms with van der Waals surface area (Å²) in [6.07, 6.45) is 0.404. The van der Waals surface area contributed by atoms with Crippen LogP contribution in [0.1, 0.15) is 42.9 Å². The first-order valence-electron chi connectivity index (χ1n) is 5.18. The van der Waals surface area contributed by atoms with E-state index in [1.54, 1.807) is 0 Å². The summed E-state index contributed by atoms with van der Waals surface area (Å²) in [5.41, 5.74) is 2.53. The summed E-state index contributed by atoms with van der Waals surface area (Å²) in [6, 6.07) is 3.48. The van der Waals surface area contributed by atoms with E-state index in [4.69, 9.17) is 0 Å². The standard InChI is InChI=1S/C13H17FO/c1-8-5-9(2)13(12(14)6-8)10(3)7-11(4)15/h5-6,10H,7H2,1-4H3. The van der Waals surface area contributed by atoms with E-state index < -0.39 is 0 Å². The van der Waals surface area contributed by atoms with Gasteiger partial charge in [-0.2, -0.15) is 0 Å². The van der Waals surface area contributed by atoms with Crippen LogP contribution in [0.15, 0.2) is 12.1 Å². The first-order valence-corrected chi connectivity index (χ1v) is 5.18. The second-order valence-electron chi connectivity index (χ2n) is 4.28. The lowest BCUT2D eigenvalue weighted by Gasteiger charge is -2.15. The van der Waals surface area contributed by atoms with Crippen molar-refractivity contribution in [3.05, 3.63) is 34.6 Å². The van der Waals surface area contributed by atoms with Gasteiger partial charge in [0.25, 0.3) is 0 Å². The molecule has 82 valence electrons. The molecular formula is C13H17FO. The molecule has 0 aliphatic rings. The Kier molecular flexibility index (Phi) is 3.61. The van der Waals surface area contributed by atoms with Crippen LogP contribution in [0.25, 0.3) is 0 Å². The number of rotatable bonds is 3. The smallest absolute Gasteiger partial charge is 0.130 e. The second-order valence-corrected chi connectivity index (χ2v) is 4.28. The molecule has 1 unspecified atom stereocenters. The molecule has 2 heteroatoms. The summed E-state index contributed by atoms with van der Waals surface area (Å²) in [7, 11) is 0. The van der Waals surface area contributed by atoms with Crippen molar-refractivity contribution in [3.8, 4) is 0 Å². The molecule has 0 aromatic heterocycles. The summed E-state index contributed by atoms with van der Waals surface area (Å²) in [4.78, 5) is 11.0. The first-order chi connectivity index (χ1) is 6.91. The Morgan fingerprint density at radius 2 is 2.00 bits per heavy atom. The Morgan fingerprint density at radius 1 is 1.40 bits per heavy atom. The van der Waals surface area contributed by atoms with Crippen LogP contribution >= 0.6 is 0 Å². The summed E-state index contributed by atoms with van der Waals surface area (Å²) in [5.74, 6) is -0.133. The fourth-order valence-corrected chi connectivity index (χ4v) is 2.08. The van der Waals surface area contributed by atoms with Crippen molar-refractivity contribution < 1.29 is 9.18 Å². The molecule has 0 amide bonds. The number of ketones is 1. The maximum Gasteiger partial charge on any atom is 0.130 e. The van der Waals surface area contributed by atoms with Crippen molar-refractivity contribution in [2.45, 2.75) is 40.0 Å². The molecule has 1 rings (SSSR count). The van der Waals surface area contributed by atoms with Crippen molar-refractivity contribution in [2.75, 3.05) is 0 Å². The van der Waals surface area contributed by atoms with Gasteiger partial charge in [0, 0.05) is 6.42 Å². The number of Topliss-reactive ketones (excluding diaryl/α,β-unsaturated/α-hetero) is 1. The number of hydrogen-bond donors (Lipinski definition) is 0. The van der Waals surface area contributed by atoms with Crippen molar-refractivity contribution in [2.24, 2.45) is 0 Å². The van der Waals surface area contributed by atoms with Crippen molar-refractivity contribution >= 4 is 5.78 Å². The molecule has 0 fully saturated rings. The van der Waals surface area contributed by atoms with E-state index >= 15 is 0 Å². The Hall–Kier alpha value is -1.18. The minimum atomic E-state index is -0.193. The molecule has 0 spiro atoms. The lowest BCUT2D eigenvalue weighted by molar-refractivity contribution is -0.117. The summed E-state index contributed by atoms with van der Waals surface area (Å²) >= 11 is 0. The molecule has 1 atom stereocenters. The molecular weight excluding hydrogens is 191 g/mol. The number of hydrogen-bond acceptors (Lipinski definition) is 1. The highest BCUT2D eigenvalue weighted by atomic mass is 19.1. The number of benzene rings is 1. The largest absolute Gasteiger partial charge is 0.300 e. The minimum absolute atomic E-state index is 0.0388. The van der Waals surface area contributed by atoms with E-state index in [0.29, 0.717) is 12.0 Å². The average Bonchev–Trinajstić information content (AvgIpc) is 1.99. The molecule has 1 aromatic carbocycles. The van der Waals surface area contributed by atoms with Crippen LogP contribution in [0.5, 0.6) is 0 Å². The third-order valence-corrected chi connectivity index (χ3v) is 2.57. The van der Waals surface area contributed by atoms with E-state index in [9.17, 15) is 9.18 Å². The van der Waals surface area contributed by atoms with Gasteiger partial charge in [-0.1, -0.05) is 13.0 Å². The number of aryl methyl sites for hydroxylation is 2. The molecule has 1 nitrogen and oxygen atoms in total.